The number of benzene rings is 2. The monoisotopic (exact) mass is 261 g/mol. The molecule has 1 atom stereocenters. The minimum atomic E-state index is 0.171. The van der Waals surface area contributed by atoms with E-state index >= 15 is 0 Å². The summed E-state index contributed by atoms with van der Waals surface area (Å²) in [5.74, 6) is 1.54. The molecule has 0 bridgehead atoms. The van der Waals surface area contributed by atoms with Gasteiger partial charge in [0.1, 0.15) is 11.5 Å². The summed E-state index contributed by atoms with van der Waals surface area (Å²) in [6, 6.07) is 15.5. The Labute approximate surface area is 112 Å². The standard InChI is InChI=1S/C15H16ClNO/c1-11(17)9-12-5-7-14(8-6-12)18-15-4-2-3-13(16)10-15/h2-8,10-11H,9,17H2,1H3. The average Bonchev–Trinajstić information content (AvgIpc) is 2.31. The molecule has 0 radical (unpaired) electrons. The predicted octanol–water partition coefficient (Wildman–Crippen LogP) is 4.02. The fourth-order valence-corrected chi connectivity index (χ4v) is 1.91. The summed E-state index contributed by atoms with van der Waals surface area (Å²) in [6.45, 7) is 2.00. The summed E-state index contributed by atoms with van der Waals surface area (Å²) < 4.78 is 5.70. The van der Waals surface area contributed by atoms with Crippen molar-refractivity contribution in [2.45, 2.75) is 19.4 Å². The molecule has 18 heavy (non-hydrogen) atoms. The summed E-state index contributed by atoms with van der Waals surface area (Å²) in [7, 11) is 0. The van der Waals surface area contributed by atoms with Crippen LogP contribution in [0.3, 0.4) is 0 Å². The van der Waals surface area contributed by atoms with Crippen LogP contribution >= 0.6 is 11.6 Å². The summed E-state index contributed by atoms with van der Waals surface area (Å²) in [5, 5.41) is 0.668. The second-order valence-corrected chi connectivity index (χ2v) is 4.82. The highest BCUT2D eigenvalue weighted by Gasteiger charge is 2.00. The fourth-order valence-electron chi connectivity index (χ4n) is 1.73. The molecule has 0 amide bonds. The smallest absolute Gasteiger partial charge is 0.128 e. The van der Waals surface area contributed by atoms with E-state index in [4.69, 9.17) is 22.1 Å². The molecule has 2 nitrogen and oxygen atoms in total. The Morgan fingerprint density at radius 1 is 1.11 bits per heavy atom. The summed E-state index contributed by atoms with van der Waals surface area (Å²) in [5.41, 5.74) is 6.97. The van der Waals surface area contributed by atoms with E-state index in [0.29, 0.717) is 5.02 Å². The molecule has 2 aromatic carbocycles. The minimum absolute atomic E-state index is 0.171. The summed E-state index contributed by atoms with van der Waals surface area (Å²) >= 11 is 5.90. The zero-order valence-corrected chi connectivity index (χ0v) is 11.0. The lowest BCUT2D eigenvalue weighted by molar-refractivity contribution is 0.482. The van der Waals surface area contributed by atoms with Gasteiger partial charge in [0.15, 0.2) is 0 Å². The molecule has 0 aliphatic heterocycles. The largest absolute Gasteiger partial charge is 0.457 e. The van der Waals surface area contributed by atoms with Crippen molar-refractivity contribution in [3.05, 3.63) is 59.1 Å². The predicted molar refractivity (Wildman–Crippen MR) is 75.3 cm³/mol. The Balaban J connectivity index is 2.06. The average molecular weight is 262 g/mol. The molecular formula is C15H16ClNO. The SMILES string of the molecule is CC(N)Cc1ccc(Oc2cccc(Cl)c2)cc1. The van der Waals surface area contributed by atoms with E-state index in [9.17, 15) is 0 Å². The van der Waals surface area contributed by atoms with E-state index in [-0.39, 0.29) is 6.04 Å². The van der Waals surface area contributed by atoms with Crippen LogP contribution in [0, 0.1) is 0 Å². The van der Waals surface area contributed by atoms with Gasteiger partial charge in [0.05, 0.1) is 0 Å². The lowest BCUT2D eigenvalue weighted by Crippen LogP contribution is -2.17. The highest BCUT2D eigenvalue weighted by atomic mass is 35.5. The van der Waals surface area contributed by atoms with E-state index in [1.54, 1.807) is 6.07 Å². The maximum atomic E-state index is 5.90. The van der Waals surface area contributed by atoms with Crippen LogP contribution in [0.4, 0.5) is 0 Å². The lowest BCUT2D eigenvalue weighted by Gasteiger charge is -2.08. The summed E-state index contributed by atoms with van der Waals surface area (Å²) in [4.78, 5) is 0. The minimum Gasteiger partial charge on any atom is -0.457 e. The molecule has 0 spiro atoms. The van der Waals surface area contributed by atoms with Crippen molar-refractivity contribution in [2.24, 2.45) is 5.73 Å². The van der Waals surface area contributed by atoms with E-state index in [1.165, 1.54) is 5.56 Å². The molecule has 2 aromatic rings. The number of rotatable bonds is 4. The van der Waals surface area contributed by atoms with Crippen LogP contribution in [0.15, 0.2) is 48.5 Å². The first-order valence-electron chi connectivity index (χ1n) is 5.91. The van der Waals surface area contributed by atoms with Crippen LogP contribution in [-0.2, 0) is 6.42 Å². The number of halogens is 1. The molecule has 0 aromatic heterocycles. The highest BCUT2D eigenvalue weighted by Crippen LogP contribution is 2.24. The second kappa shape index (κ2) is 5.89. The van der Waals surface area contributed by atoms with Crippen LogP contribution in [0.5, 0.6) is 11.5 Å². The Bertz CT molecular complexity index is 508. The van der Waals surface area contributed by atoms with E-state index in [0.717, 1.165) is 17.9 Å². The van der Waals surface area contributed by atoms with E-state index in [2.05, 4.69) is 0 Å². The highest BCUT2D eigenvalue weighted by molar-refractivity contribution is 6.30. The zero-order valence-electron chi connectivity index (χ0n) is 10.3. The van der Waals surface area contributed by atoms with Crippen molar-refractivity contribution >= 4 is 11.6 Å². The first-order chi connectivity index (χ1) is 8.63. The van der Waals surface area contributed by atoms with Gasteiger partial charge < -0.3 is 10.5 Å². The van der Waals surface area contributed by atoms with Gasteiger partial charge in [-0.3, -0.25) is 0 Å². The van der Waals surface area contributed by atoms with Crippen molar-refractivity contribution in [3.63, 3.8) is 0 Å². The maximum absolute atomic E-state index is 5.90. The van der Waals surface area contributed by atoms with Gasteiger partial charge in [0, 0.05) is 11.1 Å². The van der Waals surface area contributed by atoms with Crippen LogP contribution in [0.2, 0.25) is 5.02 Å². The molecule has 1 unspecified atom stereocenters. The maximum Gasteiger partial charge on any atom is 0.128 e. The Kier molecular flexibility index (Phi) is 4.24. The molecule has 0 saturated carbocycles. The number of nitrogens with two attached hydrogens (primary N) is 1. The van der Waals surface area contributed by atoms with E-state index in [1.807, 2.05) is 49.4 Å². The molecule has 2 rings (SSSR count). The molecule has 0 heterocycles. The Morgan fingerprint density at radius 2 is 1.83 bits per heavy atom. The first kappa shape index (κ1) is 12.9. The normalized spacial score (nSPS) is 12.2. The van der Waals surface area contributed by atoms with Gasteiger partial charge >= 0.3 is 0 Å². The van der Waals surface area contributed by atoms with Crippen molar-refractivity contribution in [1.29, 1.82) is 0 Å². The molecule has 0 aliphatic carbocycles. The third kappa shape index (κ3) is 3.76. The van der Waals surface area contributed by atoms with Crippen molar-refractivity contribution < 1.29 is 4.74 Å². The number of ether oxygens (including phenoxy) is 1. The third-order valence-electron chi connectivity index (χ3n) is 2.51. The number of hydrogen-bond donors (Lipinski definition) is 1. The number of hydrogen-bond acceptors (Lipinski definition) is 2. The van der Waals surface area contributed by atoms with Gasteiger partial charge in [-0.05, 0) is 49.2 Å². The first-order valence-corrected chi connectivity index (χ1v) is 6.29. The van der Waals surface area contributed by atoms with E-state index < -0.39 is 0 Å². The topological polar surface area (TPSA) is 35.2 Å². The van der Waals surface area contributed by atoms with Crippen molar-refractivity contribution in [1.82, 2.24) is 0 Å². The van der Waals surface area contributed by atoms with Gasteiger partial charge in [0.25, 0.3) is 0 Å². The van der Waals surface area contributed by atoms with Crippen LogP contribution in [0.25, 0.3) is 0 Å². The fraction of sp³-hybridized carbons (Fsp3) is 0.200. The summed E-state index contributed by atoms with van der Waals surface area (Å²) in [6.07, 6.45) is 0.872. The Hall–Kier alpha value is -1.51. The van der Waals surface area contributed by atoms with Gasteiger partial charge in [-0.15, -0.1) is 0 Å². The molecule has 0 aliphatic rings. The van der Waals surface area contributed by atoms with Gasteiger partial charge in [0.2, 0.25) is 0 Å². The molecule has 3 heteroatoms. The second-order valence-electron chi connectivity index (χ2n) is 4.38. The quantitative estimate of drug-likeness (QED) is 0.902. The van der Waals surface area contributed by atoms with Gasteiger partial charge in [-0.25, -0.2) is 0 Å². The lowest BCUT2D eigenvalue weighted by atomic mass is 10.1. The van der Waals surface area contributed by atoms with Crippen LogP contribution in [-0.4, -0.2) is 6.04 Å². The molecule has 2 N–H and O–H groups in total. The molecule has 94 valence electrons. The molecule has 0 fully saturated rings. The molecular weight excluding hydrogens is 246 g/mol. The van der Waals surface area contributed by atoms with Gasteiger partial charge in [-0.2, -0.15) is 0 Å². The Morgan fingerprint density at radius 3 is 2.44 bits per heavy atom. The van der Waals surface area contributed by atoms with Crippen LogP contribution in [0.1, 0.15) is 12.5 Å². The van der Waals surface area contributed by atoms with Crippen LogP contribution < -0.4 is 10.5 Å². The van der Waals surface area contributed by atoms with Crippen molar-refractivity contribution in [3.8, 4) is 11.5 Å². The van der Waals surface area contributed by atoms with Gasteiger partial charge in [-0.1, -0.05) is 29.8 Å². The third-order valence-corrected chi connectivity index (χ3v) is 2.75. The zero-order chi connectivity index (χ0) is 13.0. The molecule has 0 saturated heterocycles. The van der Waals surface area contributed by atoms with Crippen molar-refractivity contribution in [2.75, 3.05) is 0 Å².